The van der Waals surface area contributed by atoms with Crippen molar-refractivity contribution in [2.24, 2.45) is 0 Å². The van der Waals surface area contributed by atoms with E-state index in [1.54, 1.807) is 0 Å². The highest BCUT2D eigenvalue weighted by atomic mass is 32.2. The second kappa shape index (κ2) is 6.50. The molecule has 0 bridgehead atoms. The second-order valence-corrected chi connectivity index (χ2v) is 7.45. The van der Waals surface area contributed by atoms with Gasteiger partial charge in [-0.3, -0.25) is 0 Å². The van der Waals surface area contributed by atoms with E-state index < -0.39 is 15.6 Å². The highest BCUT2D eigenvalue weighted by molar-refractivity contribution is 7.88. The number of rotatable bonds is 7. The van der Waals surface area contributed by atoms with E-state index in [0.29, 0.717) is 12.5 Å². The molecule has 2 N–H and O–H groups in total. The number of sulfonamides is 1. The zero-order chi connectivity index (χ0) is 14.5. The maximum atomic E-state index is 11.2. The van der Waals surface area contributed by atoms with E-state index in [1.807, 2.05) is 32.0 Å². The van der Waals surface area contributed by atoms with E-state index in [9.17, 15) is 8.42 Å². The van der Waals surface area contributed by atoms with Gasteiger partial charge in [0.15, 0.2) is 0 Å². The molecular weight excluding hydrogens is 260 g/mol. The fraction of sp³-hybridized carbons (Fsp3) is 0.571. The summed E-state index contributed by atoms with van der Waals surface area (Å²) in [5, 5.41) is 3.32. The van der Waals surface area contributed by atoms with Crippen molar-refractivity contribution in [3.8, 4) is 0 Å². The summed E-state index contributed by atoms with van der Waals surface area (Å²) in [6.45, 7) is 7.30. The van der Waals surface area contributed by atoms with Gasteiger partial charge in [-0.15, -0.1) is 0 Å². The number of nitrogens with one attached hydrogen (secondary N) is 2. The van der Waals surface area contributed by atoms with Crippen LogP contribution in [0.4, 0.5) is 0 Å². The van der Waals surface area contributed by atoms with Gasteiger partial charge in [0.25, 0.3) is 0 Å². The van der Waals surface area contributed by atoms with Crippen LogP contribution in [0, 0.1) is 0 Å². The van der Waals surface area contributed by atoms with E-state index in [0.717, 1.165) is 6.54 Å². The van der Waals surface area contributed by atoms with Crippen LogP contribution in [0.2, 0.25) is 0 Å². The van der Waals surface area contributed by atoms with Gasteiger partial charge in [0.1, 0.15) is 0 Å². The Morgan fingerprint density at radius 2 is 1.79 bits per heavy atom. The molecule has 108 valence electrons. The topological polar surface area (TPSA) is 58.2 Å². The Bertz CT molecular complexity index is 483. The number of benzene rings is 1. The summed E-state index contributed by atoms with van der Waals surface area (Å²) in [6, 6.07) is 10.3. The van der Waals surface area contributed by atoms with E-state index in [2.05, 4.69) is 29.1 Å². The molecule has 4 nitrogen and oxygen atoms in total. The van der Waals surface area contributed by atoms with E-state index >= 15 is 0 Å². The summed E-state index contributed by atoms with van der Waals surface area (Å²) in [5.74, 6) is 0.398. The standard InChI is InChI=1S/C14H24N2O2S/c1-12(13-8-6-5-7-9-13)10-15-11-14(2,3)16-19(4,17)18/h5-9,12,15-16H,10-11H2,1-4H3. The Balaban J connectivity index is 2.42. The Kier molecular flexibility index (Phi) is 5.52. The first-order chi connectivity index (χ1) is 8.70. The van der Waals surface area contributed by atoms with Crippen molar-refractivity contribution in [1.29, 1.82) is 0 Å². The van der Waals surface area contributed by atoms with Gasteiger partial charge in [0.05, 0.1) is 6.26 Å². The third-order valence-corrected chi connectivity index (χ3v) is 3.77. The van der Waals surface area contributed by atoms with Crippen molar-refractivity contribution >= 4 is 10.0 Å². The molecule has 0 aromatic heterocycles. The molecule has 1 aromatic carbocycles. The zero-order valence-electron chi connectivity index (χ0n) is 12.1. The summed E-state index contributed by atoms with van der Waals surface area (Å²) in [5.41, 5.74) is 0.799. The predicted molar refractivity (Wildman–Crippen MR) is 79.8 cm³/mol. The van der Waals surface area contributed by atoms with Gasteiger partial charge in [-0.25, -0.2) is 13.1 Å². The minimum absolute atomic E-state index is 0.398. The lowest BCUT2D eigenvalue weighted by molar-refractivity contribution is 0.416. The molecule has 19 heavy (non-hydrogen) atoms. The molecule has 1 unspecified atom stereocenters. The van der Waals surface area contributed by atoms with E-state index in [4.69, 9.17) is 0 Å². The van der Waals surface area contributed by atoms with Crippen LogP contribution >= 0.6 is 0 Å². The maximum Gasteiger partial charge on any atom is 0.209 e. The number of hydrogen-bond donors (Lipinski definition) is 2. The summed E-state index contributed by atoms with van der Waals surface area (Å²) in [6.07, 6.45) is 1.18. The van der Waals surface area contributed by atoms with Crippen molar-refractivity contribution in [3.63, 3.8) is 0 Å². The summed E-state index contributed by atoms with van der Waals surface area (Å²) in [7, 11) is -3.17. The first kappa shape index (κ1) is 16.1. The highest BCUT2D eigenvalue weighted by Crippen LogP contribution is 2.13. The molecule has 0 saturated carbocycles. The lowest BCUT2D eigenvalue weighted by Crippen LogP contribution is -2.50. The van der Waals surface area contributed by atoms with Gasteiger partial charge in [-0.05, 0) is 25.3 Å². The fourth-order valence-electron chi connectivity index (χ4n) is 2.04. The van der Waals surface area contributed by atoms with Crippen LogP contribution in [0.25, 0.3) is 0 Å². The van der Waals surface area contributed by atoms with Crippen molar-refractivity contribution in [2.45, 2.75) is 32.2 Å². The molecule has 0 fully saturated rings. The third kappa shape index (κ3) is 6.71. The van der Waals surface area contributed by atoms with Crippen LogP contribution < -0.4 is 10.0 Å². The number of hydrogen-bond acceptors (Lipinski definition) is 3. The van der Waals surface area contributed by atoms with Crippen LogP contribution in [0.15, 0.2) is 30.3 Å². The van der Waals surface area contributed by atoms with Crippen LogP contribution in [0.1, 0.15) is 32.3 Å². The zero-order valence-corrected chi connectivity index (χ0v) is 12.9. The van der Waals surface area contributed by atoms with Crippen LogP contribution in [-0.2, 0) is 10.0 Å². The quantitative estimate of drug-likeness (QED) is 0.801. The first-order valence-corrected chi connectivity index (χ1v) is 8.33. The molecule has 0 aliphatic rings. The monoisotopic (exact) mass is 284 g/mol. The normalized spacial score (nSPS) is 14.3. The highest BCUT2D eigenvalue weighted by Gasteiger charge is 2.21. The lowest BCUT2D eigenvalue weighted by Gasteiger charge is -2.26. The predicted octanol–water partition coefficient (Wildman–Crippen LogP) is 1.71. The molecule has 0 saturated heterocycles. The molecule has 0 amide bonds. The van der Waals surface area contributed by atoms with Crippen LogP contribution in [0.5, 0.6) is 0 Å². The minimum Gasteiger partial charge on any atom is -0.314 e. The molecule has 0 radical (unpaired) electrons. The van der Waals surface area contributed by atoms with Crippen LogP contribution in [-0.4, -0.2) is 33.3 Å². The molecule has 5 heteroatoms. The average Bonchev–Trinajstić information content (AvgIpc) is 2.26. The molecule has 0 heterocycles. The molecule has 1 atom stereocenters. The Morgan fingerprint density at radius 1 is 1.21 bits per heavy atom. The van der Waals surface area contributed by atoms with E-state index in [-0.39, 0.29) is 0 Å². The molecule has 0 aliphatic carbocycles. The fourth-order valence-corrected chi connectivity index (χ4v) is 3.11. The SMILES string of the molecule is CC(CNCC(C)(C)NS(C)(=O)=O)c1ccccc1. The molecule has 0 spiro atoms. The minimum atomic E-state index is -3.17. The lowest BCUT2D eigenvalue weighted by atomic mass is 10.0. The van der Waals surface area contributed by atoms with Gasteiger partial charge >= 0.3 is 0 Å². The third-order valence-electron chi connectivity index (χ3n) is 2.85. The first-order valence-electron chi connectivity index (χ1n) is 6.44. The van der Waals surface area contributed by atoms with Gasteiger partial charge in [-0.2, -0.15) is 0 Å². The van der Waals surface area contributed by atoms with Crippen molar-refractivity contribution in [2.75, 3.05) is 19.3 Å². The average molecular weight is 284 g/mol. The second-order valence-electron chi connectivity index (χ2n) is 5.70. The van der Waals surface area contributed by atoms with Crippen molar-refractivity contribution in [3.05, 3.63) is 35.9 Å². The molecule has 0 aliphatic heterocycles. The maximum absolute atomic E-state index is 11.2. The molecular formula is C14H24N2O2S. The summed E-state index contributed by atoms with van der Waals surface area (Å²) >= 11 is 0. The van der Waals surface area contributed by atoms with Gasteiger partial charge < -0.3 is 5.32 Å². The smallest absolute Gasteiger partial charge is 0.209 e. The molecule has 1 rings (SSSR count). The van der Waals surface area contributed by atoms with E-state index in [1.165, 1.54) is 11.8 Å². The molecule has 1 aromatic rings. The van der Waals surface area contributed by atoms with Crippen LogP contribution in [0.3, 0.4) is 0 Å². The summed E-state index contributed by atoms with van der Waals surface area (Å²) in [4.78, 5) is 0. The van der Waals surface area contributed by atoms with Crippen molar-refractivity contribution in [1.82, 2.24) is 10.0 Å². The van der Waals surface area contributed by atoms with Crippen molar-refractivity contribution < 1.29 is 8.42 Å². The largest absolute Gasteiger partial charge is 0.314 e. The Labute approximate surface area is 116 Å². The van der Waals surface area contributed by atoms with Gasteiger partial charge in [-0.1, -0.05) is 37.3 Å². The van der Waals surface area contributed by atoms with Gasteiger partial charge in [0, 0.05) is 18.6 Å². The Morgan fingerprint density at radius 3 is 2.32 bits per heavy atom. The summed E-state index contributed by atoms with van der Waals surface area (Å²) < 4.78 is 25.1. The van der Waals surface area contributed by atoms with Gasteiger partial charge in [0.2, 0.25) is 10.0 Å². The Hall–Kier alpha value is -0.910.